The van der Waals surface area contributed by atoms with Crippen LogP contribution in [0, 0.1) is 0 Å². The molecule has 0 atom stereocenters. The van der Waals surface area contributed by atoms with E-state index in [1.165, 1.54) is 0 Å². The van der Waals surface area contributed by atoms with Crippen LogP contribution in [-0.2, 0) is 25.6 Å². The highest BCUT2D eigenvalue weighted by Gasteiger charge is 1.96. The second-order valence-corrected chi connectivity index (χ2v) is 3.61. The molecular formula is C14H20O8. The van der Waals surface area contributed by atoms with Crippen molar-refractivity contribution in [1.82, 2.24) is 0 Å². The van der Waals surface area contributed by atoms with Crippen molar-refractivity contribution >= 4 is 23.9 Å². The van der Waals surface area contributed by atoms with Crippen LogP contribution in [0.15, 0.2) is 30.3 Å². The van der Waals surface area contributed by atoms with Crippen molar-refractivity contribution in [2.24, 2.45) is 0 Å². The van der Waals surface area contributed by atoms with E-state index in [0.29, 0.717) is 0 Å². The van der Waals surface area contributed by atoms with Crippen LogP contribution in [0.5, 0.6) is 0 Å². The Morgan fingerprint density at radius 2 is 1.00 bits per heavy atom. The van der Waals surface area contributed by atoms with E-state index in [-0.39, 0.29) is 6.42 Å². The monoisotopic (exact) mass is 316 g/mol. The van der Waals surface area contributed by atoms with Crippen molar-refractivity contribution in [3.63, 3.8) is 0 Å². The molecule has 0 fully saturated rings. The summed E-state index contributed by atoms with van der Waals surface area (Å²) in [6.45, 7) is 3.25. The zero-order valence-corrected chi connectivity index (χ0v) is 12.5. The largest absolute Gasteiger partial charge is 0.481 e. The van der Waals surface area contributed by atoms with Gasteiger partial charge in [0.1, 0.15) is 0 Å². The second kappa shape index (κ2) is 16.2. The van der Waals surface area contributed by atoms with Gasteiger partial charge in [0.05, 0.1) is 6.42 Å². The van der Waals surface area contributed by atoms with Crippen molar-refractivity contribution in [2.75, 3.05) is 0 Å². The normalized spacial score (nSPS) is 7.59. The van der Waals surface area contributed by atoms with Crippen LogP contribution in [-0.4, -0.2) is 44.3 Å². The van der Waals surface area contributed by atoms with Crippen LogP contribution in [0.2, 0.25) is 0 Å². The maximum atomic E-state index is 10.2. The number of carboxylic acids is 4. The van der Waals surface area contributed by atoms with Gasteiger partial charge >= 0.3 is 5.97 Å². The molecule has 0 bridgehead atoms. The molecule has 0 heterocycles. The predicted octanol–water partition coefficient (Wildman–Crippen LogP) is 1.59. The Hall–Kier alpha value is -2.90. The molecule has 22 heavy (non-hydrogen) atoms. The zero-order chi connectivity index (χ0) is 18.1. The SMILES string of the molecule is CC(=O)O.CC(=O)O.CC(=O)O.O=C(O)Cc1ccccc1. The molecule has 8 heteroatoms. The number of aliphatic carboxylic acids is 4. The molecule has 0 saturated carbocycles. The highest BCUT2D eigenvalue weighted by Crippen LogP contribution is 1.98. The van der Waals surface area contributed by atoms with Gasteiger partial charge in [0, 0.05) is 20.8 Å². The Balaban J connectivity index is -0.000000253. The number of carboxylic acid groups (broad SMARTS) is 4. The molecule has 0 radical (unpaired) electrons. The quantitative estimate of drug-likeness (QED) is 0.642. The van der Waals surface area contributed by atoms with Gasteiger partial charge in [0.15, 0.2) is 0 Å². The Morgan fingerprint density at radius 1 is 0.727 bits per heavy atom. The summed E-state index contributed by atoms with van der Waals surface area (Å²) in [6.07, 6.45) is 0.112. The molecule has 0 spiro atoms. The number of hydrogen-bond acceptors (Lipinski definition) is 4. The van der Waals surface area contributed by atoms with E-state index in [0.717, 1.165) is 26.3 Å². The molecule has 0 aliphatic heterocycles. The molecule has 0 amide bonds. The molecule has 1 aromatic rings. The molecule has 0 aliphatic rings. The minimum absolute atomic E-state index is 0.112. The third-order valence-electron chi connectivity index (χ3n) is 1.20. The second-order valence-electron chi connectivity index (χ2n) is 3.61. The first kappa shape index (κ1) is 24.1. The Labute approximate surface area is 127 Å². The van der Waals surface area contributed by atoms with E-state index in [2.05, 4.69) is 0 Å². The standard InChI is InChI=1S/C8H8O2.3C2H4O2/c9-8(10)6-7-4-2-1-3-5-7;3*1-2(3)4/h1-5H,6H2,(H,9,10);3*1H3,(H,3,4). The summed E-state index contributed by atoms with van der Waals surface area (Å²) in [4.78, 5) is 37.2. The van der Waals surface area contributed by atoms with E-state index >= 15 is 0 Å². The van der Waals surface area contributed by atoms with Crippen molar-refractivity contribution < 1.29 is 39.6 Å². The third kappa shape index (κ3) is 53.5. The first-order valence-electron chi connectivity index (χ1n) is 5.83. The Bertz CT molecular complexity index is 413. The lowest BCUT2D eigenvalue weighted by atomic mass is 10.2. The summed E-state index contributed by atoms with van der Waals surface area (Å²) in [7, 11) is 0. The average molecular weight is 316 g/mol. The Morgan fingerprint density at radius 3 is 1.23 bits per heavy atom. The molecule has 1 aromatic carbocycles. The summed E-state index contributed by atoms with van der Waals surface area (Å²) in [6, 6.07) is 9.13. The van der Waals surface area contributed by atoms with Crippen LogP contribution in [0.1, 0.15) is 26.3 Å². The zero-order valence-electron chi connectivity index (χ0n) is 12.5. The van der Waals surface area contributed by atoms with Crippen LogP contribution in [0.3, 0.4) is 0 Å². The molecule has 8 nitrogen and oxygen atoms in total. The molecule has 0 saturated heterocycles. The van der Waals surface area contributed by atoms with Crippen molar-refractivity contribution in [1.29, 1.82) is 0 Å². The van der Waals surface area contributed by atoms with E-state index in [4.69, 9.17) is 34.8 Å². The van der Waals surface area contributed by atoms with Crippen LogP contribution in [0.25, 0.3) is 0 Å². The smallest absolute Gasteiger partial charge is 0.307 e. The fraction of sp³-hybridized carbons (Fsp3) is 0.286. The fourth-order valence-corrected chi connectivity index (χ4v) is 0.770. The summed E-state index contributed by atoms with van der Waals surface area (Å²) < 4.78 is 0. The van der Waals surface area contributed by atoms with Gasteiger partial charge < -0.3 is 20.4 Å². The summed E-state index contributed by atoms with van der Waals surface area (Å²) in [5.74, 6) is -3.29. The topological polar surface area (TPSA) is 149 Å². The van der Waals surface area contributed by atoms with Gasteiger partial charge in [-0.3, -0.25) is 19.2 Å². The maximum absolute atomic E-state index is 10.2. The minimum atomic E-state index is -0.833. The van der Waals surface area contributed by atoms with Gasteiger partial charge in [-0.1, -0.05) is 30.3 Å². The van der Waals surface area contributed by atoms with Crippen LogP contribution < -0.4 is 0 Å². The van der Waals surface area contributed by atoms with Gasteiger partial charge in [0.25, 0.3) is 17.9 Å². The highest BCUT2D eigenvalue weighted by atomic mass is 16.4. The number of hydrogen-bond donors (Lipinski definition) is 4. The molecule has 4 N–H and O–H groups in total. The first-order valence-corrected chi connectivity index (χ1v) is 5.83. The lowest BCUT2D eigenvalue weighted by Crippen LogP contribution is -1.98. The molecule has 0 aromatic heterocycles. The minimum Gasteiger partial charge on any atom is -0.481 e. The van der Waals surface area contributed by atoms with Crippen LogP contribution in [0.4, 0.5) is 0 Å². The number of carbonyl (C=O) groups is 4. The number of benzene rings is 1. The fourth-order valence-electron chi connectivity index (χ4n) is 0.770. The highest BCUT2D eigenvalue weighted by molar-refractivity contribution is 5.70. The van der Waals surface area contributed by atoms with Gasteiger partial charge in [-0.2, -0.15) is 0 Å². The molecule has 1 rings (SSSR count). The lowest BCUT2D eigenvalue weighted by molar-refractivity contribution is -0.136. The van der Waals surface area contributed by atoms with Crippen molar-refractivity contribution in [3.05, 3.63) is 35.9 Å². The van der Waals surface area contributed by atoms with E-state index in [1.54, 1.807) is 12.1 Å². The summed E-state index contributed by atoms with van der Waals surface area (Å²) in [5.41, 5.74) is 0.843. The van der Waals surface area contributed by atoms with Crippen molar-refractivity contribution in [3.8, 4) is 0 Å². The Kier molecular flexibility index (Phi) is 17.7. The van der Waals surface area contributed by atoms with Gasteiger partial charge in [-0.25, -0.2) is 0 Å². The number of rotatable bonds is 2. The summed E-state index contributed by atoms with van der Waals surface area (Å²) >= 11 is 0. The van der Waals surface area contributed by atoms with Gasteiger partial charge in [-0.05, 0) is 5.56 Å². The maximum Gasteiger partial charge on any atom is 0.307 e. The van der Waals surface area contributed by atoms with E-state index in [9.17, 15) is 4.79 Å². The molecule has 0 aliphatic carbocycles. The molecular weight excluding hydrogens is 296 g/mol. The van der Waals surface area contributed by atoms with E-state index in [1.807, 2.05) is 18.2 Å². The lowest BCUT2D eigenvalue weighted by Gasteiger charge is -1.92. The van der Waals surface area contributed by atoms with E-state index < -0.39 is 23.9 Å². The van der Waals surface area contributed by atoms with Gasteiger partial charge in [-0.15, -0.1) is 0 Å². The predicted molar refractivity (Wildman–Crippen MR) is 77.7 cm³/mol. The van der Waals surface area contributed by atoms with Crippen LogP contribution >= 0.6 is 0 Å². The van der Waals surface area contributed by atoms with Crippen molar-refractivity contribution in [2.45, 2.75) is 27.2 Å². The van der Waals surface area contributed by atoms with Gasteiger partial charge in [0.2, 0.25) is 0 Å². The molecule has 0 unspecified atom stereocenters. The first-order chi connectivity index (χ1) is 9.98. The average Bonchev–Trinajstić information content (AvgIpc) is 2.26. The third-order valence-corrected chi connectivity index (χ3v) is 1.20. The molecule has 124 valence electrons. The summed E-state index contributed by atoms with van der Waals surface area (Å²) in [5, 5.41) is 30.6.